The van der Waals surface area contributed by atoms with Crippen molar-refractivity contribution in [1.82, 2.24) is 15.2 Å². The first kappa shape index (κ1) is 34.5. The number of fused-ring (bicyclic) bond motifs is 1. The fraction of sp³-hybridized carbons (Fsp3) is 0.158. The van der Waals surface area contributed by atoms with Crippen LogP contribution in [0.25, 0.3) is 5.57 Å². The molecule has 1 fully saturated rings. The molecule has 0 saturated carbocycles. The van der Waals surface area contributed by atoms with Crippen LogP contribution in [0, 0.1) is 0 Å². The Balaban J connectivity index is 1.25. The molecule has 262 valence electrons. The molecule has 0 unspecified atom stereocenters. The van der Waals surface area contributed by atoms with E-state index in [0.29, 0.717) is 22.3 Å². The Hall–Kier alpha value is -5.99. The summed E-state index contributed by atoms with van der Waals surface area (Å²) in [5.41, 5.74) is 9.35. The summed E-state index contributed by atoms with van der Waals surface area (Å²) in [7, 11) is 1.29. The number of nitrogens with two attached hydrogens (primary N) is 1. The molecule has 1 saturated heterocycles. The molecule has 0 radical (unpaired) electrons. The topological polar surface area (TPSA) is 163 Å². The van der Waals surface area contributed by atoms with Crippen molar-refractivity contribution < 1.29 is 33.5 Å². The number of allylic oxidation sites excluding steroid dienone is 2. The third kappa shape index (κ3) is 6.61. The summed E-state index contributed by atoms with van der Waals surface area (Å²) >= 11 is 2.46. The second-order valence-electron chi connectivity index (χ2n) is 11.8. The molecule has 3 aromatic carbocycles. The van der Waals surface area contributed by atoms with Gasteiger partial charge in [-0.3, -0.25) is 14.5 Å². The SMILES string of the molecule is CO/N=C(\C(=O)N[C@@H]1C(=O)N2C(C(=O)OC(c3ccccc3)c3ccccc3)=C(/C=C3/OC(=O)C(c4ccccc4)=C3C)CS[C@@H]12)c1csc(N)n1. The third-order valence-electron chi connectivity index (χ3n) is 8.59. The van der Waals surface area contributed by atoms with Gasteiger partial charge in [-0.1, -0.05) is 96.2 Å². The second-order valence-corrected chi connectivity index (χ2v) is 13.8. The Morgan fingerprint density at radius 1 is 1.02 bits per heavy atom. The number of carbonyl (C=O) groups is 4. The molecule has 14 heteroatoms. The molecule has 2 atom stereocenters. The van der Waals surface area contributed by atoms with Crippen molar-refractivity contribution in [1.29, 1.82) is 0 Å². The quantitative estimate of drug-likeness (QED) is 0.0985. The fourth-order valence-corrected chi connectivity index (χ4v) is 7.98. The number of ether oxygens (including phenoxy) is 2. The van der Waals surface area contributed by atoms with Crippen LogP contribution in [0.1, 0.15) is 35.4 Å². The molecule has 4 aromatic rings. The number of oxime groups is 1. The van der Waals surface area contributed by atoms with E-state index < -0.39 is 41.3 Å². The van der Waals surface area contributed by atoms with Gasteiger partial charge in [-0.25, -0.2) is 14.6 Å². The van der Waals surface area contributed by atoms with Gasteiger partial charge in [0.05, 0.1) is 5.57 Å². The van der Waals surface area contributed by atoms with E-state index in [2.05, 4.69) is 15.5 Å². The minimum absolute atomic E-state index is 0.0151. The number of nitrogen functional groups attached to an aromatic ring is 1. The van der Waals surface area contributed by atoms with E-state index >= 15 is 0 Å². The standard InChI is InChI=1S/C38H31N5O7S2/c1-21-27(49-36(46)28(21)22-12-6-3-7-13-22)18-25-19-51-35-30(41-33(44)29(42-48-2)26-20-52-38(39)40-26)34(45)43(35)31(25)37(47)50-32(23-14-8-4-9-15-23)24-16-10-5-11-17-24/h3-18,20,30,32,35H,19H2,1-2H3,(H2,39,40)(H,41,44)/b27-18+,42-29-/t30-,35+/m1/s1. The molecule has 3 aliphatic rings. The Morgan fingerprint density at radius 2 is 1.65 bits per heavy atom. The number of carbonyl (C=O) groups excluding carboxylic acids is 4. The third-order valence-corrected chi connectivity index (χ3v) is 10.6. The van der Waals surface area contributed by atoms with Gasteiger partial charge in [0, 0.05) is 16.7 Å². The van der Waals surface area contributed by atoms with Gasteiger partial charge in [0.15, 0.2) is 16.9 Å². The van der Waals surface area contributed by atoms with Crippen molar-refractivity contribution in [3.63, 3.8) is 0 Å². The van der Waals surface area contributed by atoms with E-state index in [1.807, 2.05) is 91.0 Å². The smallest absolute Gasteiger partial charge is 0.356 e. The highest BCUT2D eigenvalue weighted by atomic mass is 32.2. The first-order valence-corrected chi connectivity index (χ1v) is 18.0. The molecule has 2 amide bonds. The minimum Gasteiger partial charge on any atom is -0.448 e. The van der Waals surface area contributed by atoms with Crippen LogP contribution in [0.3, 0.4) is 0 Å². The van der Waals surface area contributed by atoms with Crippen LogP contribution in [0.4, 0.5) is 5.13 Å². The van der Waals surface area contributed by atoms with E-state index in [0.717, 1.165) is 22.5 Å². The van der Waals surface area contributed by atoms with Gasteiger partial charge in [-0.2, -0.15) is 0 Å². The summed E-state index contributed by atoms with van der Waals surface area (Å²) in [6.45, 7) is 1.77. The Labute approximate surface area is 306 Å². The molecular formula is C38H31N5O7S2. The minimum atomic E-state index is -1.01. The number of thiazole rings is 1. The maximum absolute atomic E-state index is 14.4. The van der Waals surface area contributed by atoms with Crippen LogP contribution in [0.5, 0.6) is 0 Å². The summed E-state index contributed by atoms with van der Waals surface area (Å²) in [6, 6.07) is 26.7. The van der Waals surface area contributed by atoms with E-state index in [1.165, 1.54) is 23.8 Å². The highest BCUT2D eigenvalue weighted by Crippen LogP contribution is 2.43. The summed E-state index contributed by atoms with van der Waals surface area (Å²) < 4.78 is 12.0. The number of aromatic nitrogens is 1. The number of β-lactam (4-membered cyclic amide) rings is 1. The number of rotatable bonds is 10. The number of nitrogens with one attached hydrogen (secondary N) is 1. The number of nitrogens with zero attached hydrogens (tertiary/aromatic N) is 3. The van der Waals surface area contributed by atoms with Crippen LogP contribution < -0.4 is 11.1 Å². The lowest BCUT2D eigenvalue weighted by Crippen LogP contribution is -2.71. The highest BCUT2D eigenvalue weighted by molar-refractivity contribution is 8.00. The largest absolute Gasteiger partial charge is 0.448 e. The molecule has 0 bridgehead atoms. The van der Waals surface area contributed by atoms with Gasteiger partial charge in [-0.05, 0) is 35.3 Å². The zero-order valence-corrected chi connectivity index (χ0v) is 29.5. The van der Waals surface area contributed by atoms with Gasteiger partial charge >= 0.3 is 11.9 Å². The Kier molecular flexibility index (Phi) is 9.74. The first-order valence-electron chi connectivity index (χ1n) is 16.1. The molecule has 7 rings (SSSR count). The average Bonchev–Trinajstić information content (AvgIpc) is 3.72. The number of cyclic esters (lactones) is 1. The Bertz CT molecular complexity index is 2140. The number of anilines is 1. The van der Waals surface area contributed by atoms with Crippen LogP contribution in [-0.4, -0.2) is 63.6 Å². The number of hydrogen-bond acceptors (Lipinski definition) is 12. The van der Waals surface area contributed by atoms with Gasteiger partial charge in [-0.15, -0.1) is 23.1 Å². The zero-order chi connectivity index (χ0) is 36.4. The van der Waals surface area contributed by atoms with E-state index in [9.17, 15) is 19.2 Å². The Morgan fingerprint density at radius 3 is 2.25 bits per heavy atom. The second kappa shape index (κ2) is 14.7. The lowest BCUT2D eigenvalue weighted by Gasteiger charge is -2.49. The number of hydrogen-bond donors (Lipinski definition) is 2. The number of benzene rings is 3. The number of thioether (sulfide) groups is 1. The average molecular weight is 734 g/mol. The van der Waals surface area contributed by atoms with E-state index in [1.54, 1.807) is 18.4 Å². The molecule has 0 spiro atoms. The first-order chi connectivity index (χ1) is 25.2. The lowest BCUT2D eigenvalue weighted by molar-refractivity contribution is -0.154. The number of esters is 2. The molecular weight excluding hydrogens is 703 g/mol. The van der Waals surface area contributed by atoms with Gasteiger partial charge in [0.25, 0.3) is 11.8 Å². The molecule has 1 aromatic heterocycles. The molecule has 0 aliphatic carbocycles. The fourth-order valence-electron chi connectivity index (χ4n) is 6.13. The summed E-state index contributed by atoms with van der Waals surface area (Å²) in [5.74, 6) is -2.05. The molecule has 3 aliphatic heterocycles. The van der Waals surface area contributed by atoms with Crippen molar-refractivity contribution in [3.8, 4) is 0 Å². The summed E-state index contributed by atoms with van der Waals surface area (Å²) in [5, 5.41) is 7.66. The van der Waals surface area contributed by atoms with Gasteiger partial charge in [0.2, 0.25) is 0 Å². The predicted octanol–water partition coefficient (Wildman–Crippen LogP) is 4.98. The van der Waals surface area contributed by atoms with E-state index in [4.69, 9.17) is 20.0 Å². The van der Waals surface area contributed by atoms with E-state index in [-0.39, 0.29) is 33.7 Å². The summed E-state index contributed by atoms with van der Waals surface area (Å²) in [4.78, 5) is 65.2. The maximum Gasteiger partial charge on any atom is 0.356 e. The molecule has 3 N–H and O–H groups in total. The normalized spacial score (nSPS) is 19.4. The van der Waals surface area contributed by atoms with Crippen LogP contribution in [-0.2, 0) is 33.5 Å². The van der Waals surface area contributed by atoms with Crippen molar-refractivity contribution in [3.05, 3.63) is 147 Å². The van der Waals surface area contributed by atoms with Crippen molar-refractivity contribution >= 4 is 63.3 Å². The van der Waals surface area contributed by atoms with Crippen molar-refractivity contribution in [2.75, 3.05) is 18.6 Å². The number of amides is 2. The highest BCUT2D eigenvalue weighted by Gasteiger charge is 2.55. The van der Waals surface area contributed by atoms with Crippen LogP contribution in [0.15, 0.2) is 130 Å². The molecule has 52 heavy (non-hydrogen) atoms. The van der Waals surface area contributed by atoms with Crippen LogP contribution >= 0.6 is 23.1 Å². The maximum atomic E-state index is 14.4. The molecule has 4 heterocycles. The zero-order valence-electron chi connectivity index (χ0n) is 27.8. The lowest BCUT2D eigenvalue weighted by atomic mass is 9.99. The summed E-state index contributed by atoms with van der Waals surface area (Å²) in [6.07, 6.45) is 0.809. The predicted molar refractivity (Wildman–Crippen MR) is 196 cm³/mol. The van der Waals surface area contributed by atoms with Crippen molar-refractivity contribution in [2.24, 2.45) is 5.16 Å². The van der Waals surface area contributed by atoms with Crippen LogP contribution in [0.2, 0.25) is 0 Å². The molecule has 12 nitrogen and oxygen atoms in total. The van der Waals surface area contributed by atoms with Crippen molar-refractivity contribution in [2.45, 2.75) is 24.4 Å². The van der Waals surface area contributed by atoms with Gasteiger partial charge < -0.3 is 25.4 Å². The monoisotopic (exact) mass is 733 g/mol. The van der Waals surface area contributed by atoms with Gasteiger partial charge in [0.1, 0.15) is 35.7 Å².